The van der Waals surface area contributed by atoms with E-state index >= 15 is 0 Å². The van der Waals surface area contributed by atoms with Crippen LogP contribution in [0.1, 0.15) is 26.7 Å². The van der Waals surface area contributed by atoms with E-state index in [1.54, 1.807) is 0 Å². The van der Waals surface area contributed by atoms with E-state index in [0.717, 1.165) is 19.4 Å². The van der Waals surface area contributed by atoms with Crippen LogP contribution >= 0.6 is 0 Å². The van der Waals surface area contributed by atoms with Gasteiger partial charge in [0.15, 0.2) is 0 Å². The van der Waals surface area contributed by atoms with Crippen molar-refractivity contribution >= 4 is 0 Å². The van der Waals surface area contributed by atoms with E-state index < -0.39 is 0 Å². The Labute approximate surface area is 81.1 Å². The third kappa shape index (κ3) is 2.03. The second-order valence-electron chi connectivity index (χ2n) is 4.53. The van der Waals surface area contributed by atoms with Crippen molar-refractivity contribution < 1.29 is 0 Å². The lowest BCUT2D eigenvalue weighted by Crippen LogP contribution is -2.58. The van der Waals surface area contributed by atoms with E-state index in [9.17, 15) is 0 Å². The Bertz CT molecular complexity index is 170. The van der Waals surface area contributed by atoms with Crippen LogP contribution in [0.5, 0.6) is 0 Å². The zero-order chi connectivity index (χ0) is 9.26. The van der Waals surface area contributed by atoms with E-state index in [1.165, 1.54) is 25.9 Å². The fourth-order valence-electron chi connectivity index (χ4n) is 2.34. The minimum atomic E-state index is 0.697. The lowest BCUT2D eigenvalue weighted by atomic mass is 10.0. The highest BCUT2D eigenvalue weighted by atomic mass is 15.4. The van der Waals surface area contributed by atoms with Gasteiger partial charge in [-0.2, -0.15) is 0 Å². The van der Waals surface area contributed by atoms with Gasteiger partial charge in [-0.1, -0.05) is 0 Å². The summed E-state index contributed by atoms with van der Waals surface area (Å²) in [5, 5.41) is 3.44. The van der Waals surface area contributed by atoms with E-state index in [4.69, 9.17) is 0 Å². The van der Waals surface area contributed by atoms with Crippen LogP contribution in [0, 0.1) is 0 Å². The number of hydrogen-bond acceptors (Lipinski definition) is 3. The number of fused-ring (bicyclic) bond motifs is 1. The third-order valence-electron chi connectivity index (χ3n) is 3.33. The van der Waals surface area contributed by atoms with Gasteiger partial charge in [0.1, 0.15) is 0 Å². The molecule has 2 aliphatic rings. The molecule has 0 amide bonds. The van der Waals surface area contributed by atoms with Crippen molar-refractivity contribution in [2.75, 3.05) is 26.4 Å². The second kappa shape index (κ2) is 3.95. The second-order valence-corrected chi connectivity index (χ2v) is 4.53. The molecule has 2 heterocycles. The number of hydrogen-bond donors (Lipinski definition) is 1. The molecular weight excluding hydrogens is 162 g/mol. The molecule has 0 aromatic rings. The minimum Gasteiger partial charge on any atom is -0.304 e. The van der Waals surface area contributed by atoms with Gasteiger partial charge in [-0.15, -0.1) is 0 Å². The van der Waals surface area contributed by atoms with Crippen LogP contribution in [0.2, 0.25) is 0 Å². The summed E-state index contributed by atoms with van der Waals surface area (Å²) in [5.41, 5.74) is 0. The highest BCUT2D eigenvalue weighted by Gasteiger charge is 2.29. The first kappa shape index (κ1) is 9.44. The molecule has 0 aliphatic carbocycles. The van der Waals surface area contributed by atoms with Gasteiger partial charge in [-0.25, -0.2) is 0 Å². The van der Waals surface area contributed by atoms with Crippen molar-refractivity contribution in [1.29, 1.82) is 0 Å². The predicted octanol–water partition coefficient (Wildman–Crippen LogP) is 0.679. The molecular formula is C10H21N3. The first-order chi connectivity index (χ1) is 6.27. The maximum absolute atomic E-state index is 3.44. The Morgan fingerprint density at radius 2 is 2.15 bits per heavy atom. The molecule has 0 radical (unpaired) electrons. The average Bonchev–Trinajstić information content (AvgIpc) is 2.17. The molecule has 0 aromatic carbocycles. The van der Waals surface area contributed by atoms with Crippen molar-refractivity contribution in [2.24, 2.45) is 0 Å². The molecule has 1 atom stereocenters. The summed E-state index contributed by atoms with van der Waals surface area (Å²) >= 11 is 0. The first-order valence-electron chi connectivity index (χ1n) is 5.46. The molecule has 3 nitrogen and oxygen atoms in total. The Hall–Kier alpha value is -0.120. The highest BCUT2D eigenvalue weighted by molar-refractivity contribution is 4.83. The van der Waals surface area contributed by atoms with Gasteiger partial charge in [0, 0.05) is 25.3 Å². The maximum atomic E-state index is 3.44. The quantitative estimate of drug-likeness (QED) is 0.645. The van der Waals surface area contributed by atoms with Crippen molar-refractivity contribution in [3.05, 3.63) is 0 Å². The van der Waals surface area contributed by atoms with Gasteiger partial charge in [-0.05, 0) is 33.2 Å². The van der Waals surface area contributed by atoms with Crippen LogP contribution in [0.4, 0.5) is 0 Å². The summed E-state index contributed by atoms with van der Waals surface area (Å²) in [4.78, 5) is 5.14. The summed E-state index contributed by atoms with van der Waals surface area (Å²) in [6.07, 6.45) is 2.70. The van der Waals surface area contributed by atoms with Gasteiger partial charge in [-0.3, -0.25) is 9.80 Å². The van der Waals surface area contributed by atoms with E-state index in [2.05, 4.69) is 29.0 Å². The predicted molar refractivity (Wildman–Crippen MR) is 54.4 cm³/mol. The van der Waals surface area contributed by atoms with E-state index in [1.807, 2.05) is 0 Å². The molecule has 76 valence electrons. The molecule has 2 fully saturated rings. The third-order valence-corrected chi connectivity index (χ3v) is 3.33. The summed E-state index contributed by atoms with van der Waals surface area (Å²) < 4.78 is 0. The zero-order valence-corrected chi connectivity index (χ0v) is 8.79. The molecule has 1 N–H and O–H groups in total. The van der Waals surface area contributed by atoms with Crippen molar-refractivity contribution in [1.82, 2.24) is 15.1 Å². The Morgan fingerprint density at radius 3 is 2.92 bits per heavy atom. The Kier molecular flexibility index (Phi) is 2.86. The van der Waals surface area contributed by atoms with E-state index in [0.29, 0.717) is 6.04 Å². The SMILES string of the molecule is CC(C)N1CCC2CCNCN2C1. The molecule has 3 heteroatoms. The number of nitrogens with zero attached hydrogens (tertiary/aromatic N) is 2. The lowest BCUT2D eigenvalue weighted by Gasteiger charge is -2.45. The van der Waals surface area contributed by atoms with Crippen molar-refractivity contribution in [3.63, 3.8) is 0 Å². The largest absolute Gasteiger partial charge is 0.304 e. The van der Waals surface area contributed by atoms with Gasteiger partial charge in [0.2, 0.25) is 0 Å². The van der Waals surface area contributed by atoms with Gasteiger partial charge >= 0.3 is 0 Å². The first-order valence-corrected chi connectivity index (χ1v) is 5.46. The Morgan fingerprint density at radius 1 is 1.31 bits per heavy atom. The molecule has 0 bridgehead atoms. The van der Waals surface area contributed by atoms with Gasteiger partial charge in [0.05, 0.1) is 6.67 Å². The van der Waals surface area contributed by atoms with Crippen LogP contribution in [-0.4, -0.2) is 48.3 Å². The summed E-state index contributed by atoms with van der Waals surface area (Å²) in [5.74, 6) is 0. The summed E-state index contributed by atoms with van der Waals surface area (Å²) in [6.45, 7) is 9.33. The van der Waals surface area contributed by atoms with Crippen LogP contribution in [0.3, 0.4) is 0 Å². The number of rotatable bonds is 1. The monoisotopic (exact) mass is 183 g/mol. The van der Waals surface area contributed by atoms with Crippen LogP contribution in [-0.2, 0) is 0 Å². The molecule has 0 spiro atoms. The van der Waals surface area contributed by atoms with Crippen LogP contribution in [0.15, 0.2) is 0 Å². The van der Waals surface area contributed by atoms with Crippen molar-refractivity contribution in [2.45, 2.75) is 38.8 Å². The lowest BCUT2D eigenvalue weighted by molar-refractivity contribution is -0.00167. The molecule has 2 rings (SSSR count). The molecule has 1 unspecified atom stereocenters. The fraction of sp³-hybridized carbons (Fsp3) is 1.00. The van der Waals surface area contributed by atoms with Crippen LogP contribution in [0.25, 0.3) is 0 Å². The Balaban J connectivity index is 1.91. The number of nitrogens with one attached hydrogen (secondary N) is 1. The zero-order valence-electron chi connectivity index (χ0n) is 8.79. The normalized spacial score (nSPS) is 32.1. The average molecular weight is 183 g/mol. The minimum absolute atomic E-state index is 0.697. The van der Waals surface area contributed by atoms with Gasteiger partial charge < -0.3 is 5.32 Å². The maximum Gasteiger partial charge on any atom is 0.0523 e. The smallest absolute Gasteiger partial charge is 0.0523 e. The molecule has 2 saturated heterocycles. The standard InChI is InChI=1S/C10H21N3/c1-9(2)12-6-4-10-3-5-11-7-13(10)8-12/h9-11H,3-8H2,1-2H3. The topological polar surface area (TPSA) is 18.5 Å². The fourth-order valence-corrected chi connectivity index (χ4v) is 2.34. The molecule has 0 aromatic heterocycles. The molecule has 0 saturated carbocycles. The molecule has 13 heavy (non-hydrogen) atoms. The highest BCUT2D eigenvalue weighted by Crippen LogP contribution is 2.19. The van der Waals surface area contributed by atoms with Crippen molar-refractivity contribution in [3.8, 4) is 0 Å². The van der Waals surface area contributed by atoms with Gasteiger partial charge in [0.25, 0.3) is 0 Å². The molecule has 2 aliphatic heterocycles. The van der Waals surface area contributed by atoms with E-state index in [-0.39, 0.29) is 0 Å². The van der Waals surface area contributed by atoms with Crippen LogP contribution < -0.4 is 5.32 Å². The summed E-state index contributed by atoms with van der Waals surface area (Å²) in [7, 11) is 0. The summed E-state index contributed by atoms with van der Waals surface area (Å²) in [6, 6.07) is 1.55.